The molecular formula is C14H10BrClF2O. The predicted molar refractivity (Wildman–Crippen MR) is 75.3 cm³/mol. The Kier molecular flexibility index (Phi) is 4.77. The summed E-state index contributed by atoms with van der Waals surface area (Å²) in [6.45, 7) is -2.80. The van der Waals surface area contributed by atoms with Gasteiger partial charge in [0.25, 0.3) is 0 Å². The van der Waals surface area contributed by atoms with Crippen LogP contribution in [0.2, 0.25) is 5.02 Å². The van der Waals surface area contributed by atoms with Crippen molar-refractivity contribution in [3.05, 3.63) is 64.7 Å². The van der Waals surface area contributed by atoms with E-state index < -0.39 is 6.61 Å². The van der Waals surface area contributed by atoms with Crippen LogP contribution in [0.15, 0.2) is 48.5 Å². The number of rotatable bonds is 4. The molecule has 2 aromatic carbocycles. The van der Waals surface area contributed by atoms with Gasteiger partial charge in [-0.15, -0.1) is 0 Å². The number of ether oxygens (including phenoxy) is 1. The fourth-order valence-electron chi connectivity index (χ4n) is 1.64. The molecule has 0 aromatic heterocycles. The molecule has 0 aliphatic rings. The van der Waals surface area contributed by atoms with Crippen molar-refractivity contribution in [3.63, 3.8) is 0 Å². The molecule has 5 heteroatoms. The maximum Gasteiger partial charge on any atom is 0.387 e. The topological polar surface area (TPSA) is 9.23 Å². The van der Waals surface area contributed by atoms with Gasteiger partial charge in [-0.2, -0.15) is 8.78 Å². The molecule has 0 spiro atoms. The normalized spacial score (nSPS) is 12.5. The fourth-order valence-corrected chi connectivity index (χ4v) is 2.38. The molecule has 1 unspecified atom stereocenters. The van der Waals surface area contributed by atoms with E-state index in [4.69, 9.17) is 11.6 Å². The van der Waals surface area contributed by atoms with Crippen LogP contribution in [-0.4, -0.2) is 6.61 Å². The van der Waals surface area contributed by atoms with Crippen LogP contribution in [0.25, 0.3) is 0 Å². The van der Waals surface area contributed by atoms with E-state index in [-0.39, 0.29) is 10.6 Å². The Balaban J connectivity index is 2.15. The molecule has 0 N–H and O–H groups in total. The zero-order chi connectivity index (χ0) is 13.8. The molecule has 19 heavy (non-hydrogen) atoms. The Morgan fingerprint density at radius 1 is 0.895 bits per heavy atom. The first-order valence-corrected chi connectivity index (χ1v) is 6.80. The van der Waals surface area contributed by atoms with E-state index >= 15 is 0 Å². The van der Waals surface area contributed by atoms with Gasteiger partial charge >= 0.3 is 6.61 Å². The molecule has 0 aliphatic heterocycles. The van der Waals surface area contributed by atoms with Gasteiger partial charge in [-0.05, 0) is 35.4 Å². The van der Waals surface area contributed by atoms with Crippen LogP contribution < -0.4 is 4.74 Å². The average molecular weight is 348 g/mol. The molecule has 1 atom stereocenters. The summed E-state index contributed by atoms with van der Waals surface area (Å²) in [4.78, 5) is -0.0228. The smallest absolute Gasteiger partial charge is 0.387 e. The van der Waals surface area contributed by atoms with Gasteiger partial charge in [0.2, 0.25) is 0 Å². The SMILES string of the molecule is FC(F)Oc1ccc(C(Br)c2ccc(Cl)cc2)cc1. The van der Waals surface area contributed by atoms with E-state index in [1.807, 2.05) is 12.1 Å². The second-order valence-electron chi connectivity index (χ2n) is 3.86. The van der Waals surface area contributed by atoms with E-state index in [2.05, 4.69) is 20.7 Å². The van der Waals surface area contributed by atoms with Crippen molar-refractivity contribution >= 4 is 27.5 Å². The summed E-state index contributed by atoms with van der Waals surface area (Å²) < 4.78 is 28.4. The Hall–Kier alpha value is -1.13. The highest BCUT2D eigenvalue weighted by Crippen LogP contribution is 2.32. The zero-order valence-electron chi connectivity index (χ0n) is 9.69. The van der Waals surface area contributed by atoms with Crippen molar-refractivity contribution < 1.29 is 13.5 Å². The van der Waals surface area contributed by atoms with E-state index in [1.54, 1.807) is 24.3 Å². The second-order valence-corrected chi connectivity index (χ2v) is 5.21. The molecule has 100 valence electrons. The summed E-state index contributed by atoms with van der Waals surface area (Å²) in [5, 5.41) is 0.670. The standard InChI is InChI=1S/C14H10BrClF2O/c15-13(9-1-5-11(16)6-2-9)10-3-7-12(8-4-10)19-14(17)18/h1-8,13-14H. The van der Waals surface area contributed by atoms with Crippen LogP contribution in [0.3, 0.4) is 0 Å². The lowest BCUT2D eigenvalue weighted by atomic mass is 10.0. The summed E-state index contributed by atoms with van der Waals surface area (Å²) >= 11 is 9.39. The summed E-state index contributed by atoms with van der Waals surface area (Å²) in [6.07, 6.45) is 0. The van der Waals surface area contributed by atoms with Crippen molar-refractivity contribution in [1.29, 1.82) is 0 Å². The first-order chi connectivity index (χ1) is 9.06. The van der Waals surface area contributed by atoms with E-state index in [1.165, 1.54) is 12.1 Å². The van der Waals surface area contributed by atoms with Gasteiger partial charge in [0.1, 0.15) is 5.75 Å². The Labute approximate surface area is 123 Å². The first-order valence-electron chi connectivity index (χ1n) is 5.50. The predicted octanol–water partition coefficient (Wildman–Crippen LogP) is 5.43. The molecule has 0 aliphatic carbocycles. The van der Waals surface area contributed by atoms with Crippen molar-refractivity contribution in [1.82, 2.24) is 0 Å². The van der Waals surface area contributed by atoms with Crippen LogP contribution in [0.4, 0.5) is 8.78 Å². The van der Waals surface area contributed by atoms with Gasteiger partial charge in [-0.1, -0.05) is 51.8 Å². The molecule has 2 aromatic rings. The van der Waals surface area contributed by atoms with Gasteiger partial charge in [0.05, 0.1) is 4.83 Å². The van der Waals surface area contributed by atoms with Crippen molar-refractivity contribution in [3.8, 4) is 5.75 Å². The molecule has 0 fully saturated rings. The Morgan fingerprint density at radius 2 is 1.37 bits per heavy atom. The monoisotopic (exact) mass is 346 g/mol. The first kappa shape index (κ1) is 14.3. The maximum atomic E-state index is 12.0. The van der Waals surface area contributed by atoms with Crippen LogP contribution in [0, 0.1) is 0 Å². The van der Waals surface area contributed by atoms with Crippen LogP contribution in [-0.2, 0) is 0 Å². The van der Waals surface area contributed by atoms with Gasteiger partial charge in [-0.25, -0.2) is 0 Å². The highest BCUT2D eigenvalue weighted by molar-refractivity contribution is 9.09. The van der Waals surface area contributed by atoms with E-state index in [0.717, 1.165) is 11.1 Å². The lowest BCUT2D eigenvalue weighted by Gasteiger charge is -2.12. The molecule has 0 amide bonds. The molecule has 0 saturated heterocycles. The van der Waals surface area contributed by atoms with Crippen LogP contribution >= 0.6 is 27.5 Å². The largest absolute Gasteiger partial charge is 0.435 e. The third-order valence-electron chi connectivity index (χ3n) is 2.56. The zero-order valence-corrected chi connectivity index (χ0v) is 12.0. The summed E-state index contributed by atoms with van der Waals surface area (Å²) in [7, 11) is 0. The van der Waals surface area contributed by atoms with Gasteiger partial charge < -0.3 is 4.74 Å². The molecule has 1 nitrogen and oxygen atoms in total. The number of benzene rings is 2. The van der Waals surface area contributed by atoms with Crippen molar-refractivity contribution in [2.45, 2.75) is 11.4 Å². The molecule has 0 radical (unpaired) electrons. The second kappa shape index (κ2) is 6.35. The molecule has 0 saturated carbocycles. The van der Waals surface area contributed by atoms with Gasteiger partial charge in [0.15, 0.2) is 0 Å². The number of halogens is 4. The molecule has 0 bridgehead atoms. The highest BCUT2D eigenvalue weighted by Gasteiger charge is 2.11. The Morgan fingerprint density at radius 3 is 1.84 bits per heavy atom. The minimum absolute atomic E-state index is 0.0228. The summed E-state index contributed by atoms with van der Waals surface area (Å²) in [6, 6.07) is 13.9. The third kappa shape index (κ3) is 3.91. The van der Waals surface area contributed by atoms with Crippen molar-refractivity contribution in [2.24, 2.45) is 0 Å². The van der Waals surface area contributed by atoms with Crippen molar-refractivity contribution in [2.75, 3.05) is 0 Å². The van der Waals surface area contributed by atoms with Crippen LogP contribution in [0.1, 0.15) is 16.0 Å². The molecule has 2 rings (SSSR count). The van der Waals surface area contributed by atoms with E-state index in [0.29, 0.717) is 5.02 Å². The minimum Gasteiger partial charge on any atom is -0.435 e. The number of hydrogen-bond acceptors (Lipinski definition) is 1. The van der Waals surface area contributed by atoms with Crippen LogP contribution in [0.5, 0.6) is 5.75 Å². The number of hydrogen-bond donors (Lipinski definition) is 0. The average Bonchev–Trinajstić information content (AvgIpc) is 2.39. The lowest BCUT2D eigenvalue weighted by molar-refractivity contribution is -0.0498. The van der Waals surface area contributed by atoms with Gasteiger partial charge in [-0.3, -0.25) is 0 Å². The van der Waals surface area contributed by atoms with Gasteiger partial charge in [0, 0.05) is 5.02 Å². The molecular weight excluding hydrogens is 338 g/mol. The molecule has 0 heterocycles. The minimum atomic E-state index is -2.80. The fraction of sp³-hybridized carbons (Fsp3) is 0.143. The van der Waals surface area contributed by atoms with E-state index in [9.17, 15) is 8.78 Å². The Bertz CT molecular complexity index is 528. The third-order valence-corrected chi connectivity index (χ3v) is 3.87. The summed E-state index contributed by atoms with van der Waals surface area (Å²) in [5.74, 6) is 0.148. The highest BCUT2D eigenvalue weighted by atomic mass is 79.9. The lowest BCUT2D eigenvalue weighted by Crippen LogP contribution is -2.02. The maximum absolute atomic E-state index is 12.0. The quantitative estimate of drug-likeness (QED) is 0.671. The summed E-state index contributed by atoms with van der Waals surface area (Å²) in [5.41, 5.74) is 1.98. The number of alkyl halides is 3.